The van der Waals surface area contributed by atoms with Gasteiger partial charge in [0, 0.05) is 17.1 Å². The van der Waals surface area contributed by atoms with Crippen LogP contribution in [-0.2, 0) is 0 Å². The van der Waals surface area contributed by atoms with Crippen molar-refractivity contribution in [2.75, 3.05) is 6.54 Å². The third kappa shape index (κ3) is 4.41. The van der Waals surface area contributed by atoms with Crippen molar-refractivity contribution in [2.24, 2.45) is 5.92 Å². The van der Waals surface area contributed by atoms with Crippen LogP contribution >= 0.6 is 15.9 Å². The summed E-state index contributed by atoms with van der Waals surface area (Å²) >= 11 is 3.42. The van der Waals surface area contributed by atoms with Crippen molar-refractivity contribution in [1.29, 1.82) is 0 Å². The lowest BCUT2D eigenvalue weighted by molar-refractivity contribution is 0.0122. The van der Waals surface area contributed by atoms with Crippen LogP contribution in [0.5, 0.6) is 0 Å². The lowest BCUT2D eigenvalue weighted by Crippen LogP contribution is -2.42. The van der Waals surface area contributed by atoms with Crippen molar-refractivity contribution < 1.29 is 5.11 Å². The molecule has 0 saturated carbocycles. The minimum Gasteiger partial charge on any atom is -0.389 e. The molecule has 0 fully saturated rings. The van der Waals surface area contributed by atoms with Crippen molar-refractivity contribution in [3.63, 3.8) is 0 Å². The van der Waals surface area contributed by atoms with Crippen molar-refractivity contribution in [1.82, 2.24) is 5.32 Å². The summed E-state index contributed by atoms with van der Waals surface area (Å²) in [5.74, 6) is 0.243. The Morgan fingerprint density at radius 2 is 1.76 bits per heavy atom. The second-order valence-electron chi connectivity index (χ2n) is 5.17. The van der Waals surface area contributed by atoms with E-state index in [0.717, 1.165) is 4.47 Å². The smallest absolute Gasteiger partial charge is 0.0766 e. The second kappa shape index (κ2) is 5.98. The largest absolute Gasteiger partial charge is 0.389 e. The standard InChI is InChI=1S/C14H22BrNO/c1-10(2)14(4,17)9-16-11(3)12-5-7-13(15)8-6-12/h5-8,10-11,16-17H,9H2,1-4H3. The fourth-order valence-corrected chi connectivity index (χ4v) is 1.70. The molecule has 2 N–H and O–H groups in total. The van der Waals surface area contributed by atoms with Gasteiger partial charge in [0.05, 0.1) is 5.60 Å². The molecule has 0 aliphatic heterocycles. The minimum atomic E-state index is -0.663. The number of nitrogens with one attached hydrogen (secondary N) is 1. The molecule has 17 heavy (non-hydrogen) atoms. The molecule has 0 aliphatic rings. The van der Waals surface area contributed by atoms with Gasteiger partial charge in [-0.25, -0.2) is 0 Å². The Bertz CT molecular complexity index is 346. The molecule has 0 radical (unpaired) electrons. The molecule has 2 atom stereocenters. The third-order valence-corrected chi connectivity index (χ3v) is 3.91. The molecular formula is C14H22BrNO. The fourth-order valence-electron chi connectivity index (χ4n) is 1.43. The van der Waals surface area contributed by atoms with Crippen LogP contribution in [0.1, 0.15) is 39.3 Å². The first-order valence-electron chi connectivity index (χ1n) is 6.04. The summed E-state index contributed by atoms with van der Waals surface area (Å²) in [5.41, 5.74) is 0.566. The van der Waals surface area contributed by atoms with Crippen LogP contribution in [-0.4, -0.2) is 17.3 Å². The van der Waals surface area contributed by atoms with E-state index in [1.54, 1.807) is 0 Å². The number of benzene rings is 1. The SMILES string of the molecule is CC(NCC(C)(O)C(C)C)c1ccc(Br)cc1. The molecule has 96 valence electrons. The van der Waals surface area contributed by atoms with Gasteiger partial charge in [0.1, 0.15) is 0 Å². The Balaban J connectivity index is 2.55. The van der Waals surface area contributed by atoms with Gasteiger partial charge in [0.25, 0.3) is 0 Å². The van der Waals surface area contributed by atoms with Crippen molar-refractivity contribution >= 4 is 15.9 Å². The summed E-state index contributed by atoms with van der Waals surface area (Å²) in [6, 6.07) is 8.49. The summed E-state index contributed by atoms with van der Waals surface area (Å²) in [6.45, 7) is 8.65. The number of hydrogen-bond acceptors (Lipinski definition) is 2. The van der Waals surface area contributed by atoms with Crippen LogP contribution in [0.15, 0.2) is 28.7 Å². The van der Waals surface area contributed by atoms with E-state index in [-0.39, 0.29) is 12.0 Å². The van der Waals surface area contributed by atoms with Crippen LogP contribution in [0.4, 0.5) is 0 Å². The van der Waals surface area contributed by atoms with Crippen LogP contribution < -0.4 is 5.32 Å². The molecule has 1 rings (SSSR count). The molecule has 0 aromatic heterocycles. The van der Waals surface area contributed by atoms with E-state index in [0.29, 0.717) is 6.54 Å². The Kier molecular flexibility index (Phi) is 5.17. The first-order chi connectivity index (χ1) is 7.83. The van der Waals surface area contributed by atoms with Crippen molar-refractivity contribution in [2.45, 2.75) is 39.3 Å². The molecule has 1 aromatic rings. The van der Waals surface area contributed by atoms with Crippen LogP contribution in [0, 0.1) is 5.92 Å². The Morgan fingerprint density at radius 3 is 2.24 bits per heavy atom. The van der Waals surface area contributed by atoms with Crippen molar-refractivity contribution in [3.05, 3.63) is 34.3 Å². The van der Waals surface area contributed by atoms with Gasteiger partial charge in [0.15, 0.2) is 0 Å². The average molecular weight is 300 g/mol. The highest BCUT2D eigenvalue weighted by Crippen LogP contribution is 2.19. The molecule has 0 aliphatic carbocycles. The Hall–Kier alpha value is -0.380. The van der Waals surface area contributed by atoms with E-state index in [4.69, 9.17) is 0 Å². The molecule has 2 nitrogen and oxygen atoms in total. The van der Waals surface area contributed by atoms with Crippen molar-refractivity contribution in [3.8, 4) is 0 Å². The van der Waals surface area contributed by atoms with Gasteiger partial charge in [-0.15, -0.1) is 0 Å². The predicted octanol–water partition coefficient (Wildman–Crippen LogP) is 3.51. The number of rotatable bonds is 5. The maximum Gasteiger partial charge on any atom is 0.0766 e. The minimum absolute atomic E-state index is 0.243. The zero-order chi connectivity index (χ0) is 13.1. The summed E-state index contributed by atoms with van der Waals surface area (Å²) in [6.07, 6.45) is 0. The molecule has 3 heteroatoms. The summed E-state index contributed by atoms with van der Waals surface area (Å²) in [7, 11) is 0. The topological polar surface area (TPSA) is 32.3 Å². The normalized spacial score (nSPS) is 16.9. The summed E-state index contributed by atoms with van der Waals surface area (Å²) in [4.78, 5) is 0. The maximum atomic E-state index is 10.2. The number of aliphatic hydroxyl groups is 1. The maximum absolute atomic E-state index is 10.2. The first-order valence-corrected chi connectivity index (χ1v) is 6.83. The number of hydrogen-bond donors (Lipinski definition) is 2. The van der Waals surface area contributed by atoms with Gasteiger partial charge in [-0.3, -0.25) is 0 Å². The van der Waals surface area contributed by atoms with E-state index in [1.807, 2.05) is 32.9 Å². The van der Waals surface area contributed by atoms with E-state index in [2.05, 4.69) is 40.3 Å². The van der Waals surface area contributed by atoms with Gasteiger partial charge in [0.2, 0.25) is 0 Å². The summed E-state index contributed by atoms with van der Waals surface area (Å²) in [5, 5.41) is 13.5. The highest BCUT2D eigenvalue weighted by molar-refractivity contribution is 9.10. The van der Waals surface area contributed by atoms with E-state index >= 15 is 0 Å². The quantitative estimate of drug-likeness (QED) is 0.872. The zero-order valence-electron chi connectivity index (χ0n) is 11.0. The highest BCUT2D eigenvalue weighted by Gasteiger charge is 2.25. The average Bonchev–Trinajstić information content (AvgIpc) is 2.27. The molecular weight excluding hydrogens is 278 g/mol. The van der Waals surface area contributed by atoms with Crippen LogP contribution in [0.25, 0.3) is 0 Å². The Morgan fingerprint density at radius 1 is 1.24 bits per heavy atom. The van der Waals surface area contributed by atoms with E-state index < -0.39 is 5.60 Å². The predicted molar refractivity (Wildman–Crippen MR) is 76.0 cm³/mol. The highest BCUT2D eigenvalue weighted by atomic mass is 79.9. The van der Waals surface area contributed by atoms with Gasteiger partial charge < -0.3 is 10.4 Å². The lowest BCUT2D eigenvalue weighted by Gasteiger charge is -2.29. The molecule has 1 aromatic carbocycles. The molecule has 0 spiro atoms. The van der Waals surface area contributed by atoms with Crippen LogP contribution in [0.2, 0.25) is 0 Å². The molecule has 0 saturated heterocycles. The monoisotopic (exact) mass is 299 g/mol. The third-order valence-electron chi connectivity index (χ3n) is 3.38. The fraction of sp³-hybridized carbons (Fsp3) is 0.571. The van der Waals surface area contributed by atoms with Gasteiger partial charge in [-0.05, 0) is 37.5 Å². The summed E-state index contributed by atoms with van der Waals surface area (Å²) < 4.78 is 1.09. The van der Waals surface area contributed by atoms with E-state index in [1.165, 1.54) is 5.56 Å². The first kappa shape index (κ1) is 14.7. The molecule has 0 amide bonds. The Labute approximate surface area is 113 Å². The number of halogens is 1. The molecule has 0 bridgehead atoms. The van der Waals surface area contributed by atoms with Gasteiger partial charge >= 0.3 is 0 Å². The van der Waals surface area contributed by atoms with E-state index in [9.17, 15) is 5.11 Å². The van der Waals surface area contributed by atoms with Gasteiger partial charge in [-0.2, -0.15) is 0 Å². The molecule has 2 unspecified atom stereocenters. The molecule has 0 heterocycles. The lowest BCUT2D eigenvalue weighted by atomic mass is 9.92. The second-order valence-corrected chi connectivity index (χ2v) is 6.08. The van der Waals surface area contributed by atoms with Gasteiger partial charge in [-0.1, -0.05) is 41.9 Å². The zero-order valence-corrected chi connectivity index (χ0v) is 12.6. The van der Waals surface area contributed by atoms with Crippen LogP contribution in [0.3, 0.4) is 0 Å².